The quantitative estimate of drug-likeness (QED) is 0.499. The minimum Gasteiger partial charge on any atom is -0.594 e. The smallest absolute Gasteiger partial charge is 0.330 e. The summed E-state index contributed by atoms with van der Waals surface area (Å²) in [6, 6.07) is 6.41. The van der Waals surface area contributed by atoms with Crippen LogP contribution in [-0.2, 0) is 4.79 Å². The Bertz CT molecular complexity index is 620. The number of nitrogens with one attached hydrogen (secondary N) is 1. The first-order valence-electron chi connectivity index (χ1n) is 4.45. The van der Waals surface area contributed by atoms with Crippen molar-refractivity contribution in [3.8, 4) is 0 Å². The first-order chi connectivity index (χ1) is 7.59. The highest BCUT2D eigenvalue weighted by Gasteiger charge is 2.12. The lowest BCUT2D eigenvalue weighted by Crippen LogP contribution is -2.45. The molecule has 1 N–H and O–H groups in total. The fraction of sp³-hybridized carbons (Fsp3) is 0.111. The van der Waals surface area contributed by atoms with Crippen molar-refractivity contribution >= 4 is 17.0 Å². The van der Waals surface area contributed by atoms with Crippen LogP contribution in [0.1, 0.15) is 6.92 Å². The van der Waals surface area contributed by atoms with E-state index in [4.69, 9.17) is 10.2 Å². The van der Waals surface area contributed by atoms with E-state index in [2.05, 4.69) is 5.10 Å². The number of aromatic nitrogens is 3. The van der Waals surface area contributed by atoms with Crippen molar-refractivity contribution < 1.29 is 14.5 Å². The minimum absolute atomic E-state index is 0.222. The average molecular weight is 220 g/mol. The number of carbonyl (C=O) groups excluding carboxylic acids is 1. The normalized spacial score (nSPS) is 10.3. The van der Waals surface area contributed by atoms with Crippen LogP contribution >= 0.6 is 0 Å². The van der Waals surface area contributed by atoms with Crippen LogP contribution in [0.25, 0.3) is 11.0 Å². The van der Waals surface area contributed by atoms with E-state index in [1.54, 1.807) is 18.2 Å². The number of para-hydroxylation sites is 2. The van der Waals surface area contributed by atoms with Gasteiger partial charge >= 0.3 is 11.6 Å². The molecule has 0 aliphatic rings. The lowest BCUT2D eigenvalue weighted by atomic mass is 10.3. The summed E-state index contributed by atoms with van der Waals surface area (Å²) in [4.78, 5) is 16.0. The maximum Gasteiger partial charge on any atom is 0.330 e. The standard InChI is InChI=1S/C9H8N4O3/c1-6(14)16-12-7-4-2-3-5-8(7)13(15)11-9(12)10/h2-5,10H,1H3. The maximum atomic E-state index is 11.4. The van der Waals surface area contributed by atoms with E-state index in [1.165, 1.54) is 13.0 Å². The highest BCUT2D eigenvalue weighted by Crippen LogP contribution is 2.04. The van der Waals surface area contributed by atoms with Gasteiger partial charge < -0.3 is 10.0 Å². The molecule has 7 heteroatoms. The molecule has 1 aromatic heterocycles. The van der Waals surface area contributed by atoms with Gasteiger partial charge in [0.25, 0.3) is 5.52 Å². The van der Waals surface area contributed by atoms with Crippen LogP contribution in [-0.4, -0.2) is 15.8 Å². The van der Waals surface area contributed by atoms with Crippen LogP contribution in [0.2, 0.25) is 0 Å². The van der Waals surface area contributed by atoms with Crippen molar-refractivity contribution in [1.82, 2.24) is 9.83 Å². The predicted molar refractivity (Wildman–Crippen MR) is 51.8 cm³/mol. The number of nitrogens with zero attached hydrogens (tertiary/aromatic N) is 3. The van der Waals surface area contributed by atoms with Crippen LogP contribution in [0.15, 0.2) is 24.3 Å². The molecule has 0 fully saturated rings. The molecule has 1 heterocycles. The number of hydrogen-bond donors (Lipinski definition) is 1. The van der Waals surface area contributed by atoms with Crippen molar-refractivity contribution in [2.45, 2.75) is 6.92 Å². The van der Waals surface area contributed by atoms with Gasteiger partial charge in [0.05, 0.1) is 5.10 Å². The predicted octanol–water partition coefficient (Wildman–Crippen LogP) is -0.876. The van der Waals surface area contributed by atoms with Crippen molar-refractivity contribution in [2.75, 3.05) is 0 Å². The molecule has 0 aliphatic carbocycles. The van der Waals surface area contributed by atoms with E-state index in [-0.39, 0.29) is 5.52 Å². The van der Waals surface area contributed by atoms with Gasteiger partial charge in [-0.3, -0.25) is 5.41 Å². The summed E-state index contributed by atoms with van der Waals surface area (Å²) in [5, 5.41) is 22.2. The molecular weight excluding hydrogens is 212 g/mol. The monoisotopic (exact) mass is 220 g/mol. The Morgan fingerprint density at radius 3 is 2.94 bits per heavy atom. The van der Waals surface area contributed by atoms with Gasteiger partial charge in [-0.05, 0) is 10.9 Å². The summed E-state index contributed by atoms with van der Waals surface area (Å²) in [5.41, 5.74) is 0.0938. The summed E-state index contributed by atoms with van der Waals surface area (Å²) in [6.45, 7) is 1.21. The zero-order valence-corrected chi connectivity index (χ0v) is 8.38. The van der Waals surface area contributed by atoms with E-state index in [0.717, 1.165) is 4.73 Å². The van der Waals surface area contributed by atoms with Crippen molar-refractivity contribution in [3.05, 3.63) is 35.1 Å². The van der Waals surface area contributed by atoms with Crippen molar-refractivity contribution in [3.63, 3.8) is 0 Å². The molecule has 0 bridgehead atoms. The van der Waals surface area contributed by atoms with Crippen LogP contribution in [0.3, 0.4) is 0 Å². The second-order valence-electron chi connectivity index (χ2n) is 3.06. The lowest BCUT2D eigenvalue weighted by Gasteiger charge is -2.07. The Kier molecular flexibility index (Phi) is 2.28. The average Bonchev–Trinajstić information content (AvgIpc) is 2.24. The molecule has 0 radical (unpaired) electrons. The van der Waals surface area contributed by atoms with Gasteiger partial charge in [0.15, 0.2) is 5.52 Å². The Balaban J connectivity index is 2.81. The molecule has 0 spiro atoms. The molecule has 7 nitrogen and oxygen atoms in total. The summed E-state index contributed by atoms with van der Waals surface area (Å²) in [7, 11) is 0. The topological polar surface area (TPSA) is 94.9 Å². The molecule has 0 aliphatic heterocycles. The fourth-order valence-electron chi connectivity index (χ4n) is 1.31. The summed E-state index contributed by atoms with van der Waals surface area (Å²) >= 11 is 0. The van der Waals surface area contributed by atoms with Crippen molar-refractivity contribution in [1.29, 1.82) is 5.41 Å². The largest absolute Gasteiger partial charge is 0.594 e. The second kappa shape index (κ2) is 3.61. The Morgan fingerprint density at radius 2 is 2.25 bits per heavy atom. The van der Waals surface area contributed by atoms with E-state index in [9.17, 15) is 10.0 Å². The van der Waals surface area contributed by atoms with Gasteiger partial charge in [0.1, 0.15) is 0 Å². The third-order valence-electron chi connectivity index (χ3n) is 1.90. The van der Waals surface area contributed by atoms with Crippen LogP contribution in [0.5, 0.6) is 0 Å². The zero-order chi connectivity index (χ0) is 11.7. The first-order valence-corrected chi connectivity index (χ1v) is 4.45. The fourth-order valence-corrected chi connectivity index (χ4v) is 1.31. The molecule has 0 amide bonds. The number of hydrogen-bond acceptors (Lipinski definition) is 5. The van der Waals surface area contributed by atoms with Gasteiger partial charge in [-0.25, -0.2) is 4.79 Å². The number of benzene rings is 1. The molecule has 16 heavy (non-hydrogen) atoms. The summed E-state index contributed by atoms with van der Waals surface area (Å²) in [6.07, 6.45) is 0. The highest BCUT2D eigenvalue weighted by atomic mass is 16.7. The Hall–Kier alpha value is -2.44. The molecule has 2 rings (SSSR count). The van der Waals surface area contributed by atoms with Gasteiger partial charge in [-0.1, -0.05) is 12.1 Å². The Labute approximate surface area is 89.6 Å². The highest BCUT2D eigenvalue weighted by molar-refractivity contribution is 5.72. The number of fused-ring (bicyclic) bond motifs is 1. The molecular formula is C9H8N4O3. The van der Waals surface area contributed by atoms with Gasteiger partial charge in [-0.2, -0.15) is 0 Å². The second-order valence-corrected chi connectivity index (χ2v) is 3.06. The van der Waals surface area contributed by atoms with E-state index >= 15 is 0 Å². The lowest BCUT2D eigenvalue weighted by molar-refractivity contribution is -0.645. The SMILES string of the molecule is CC(=O)On1c(=N)n[n+]([O-])c2ccccc21. The van der Waals surface area contributed by atoms with Crippen LogP contribution in [0, 0.1) is 10.6 Å². The Morgan fingerprint density at radius 1 is 1.56 bits per heavy atom. The maximum absolute atomic E-state index is 11.4. The number of carbonyl (C=O) groups is 1. The van der Waals surface area contributed by atoms with E-state index in [0.29, 0.717) is 10.4 Å². The van der Waals surface area contributed by atoms with Crippen LogP contribution in [0.4, 0.5) is 0 Å². The third kappa shape index (κ3) is 1.58. The molecule has 0 saturated carbocycles. The summed E-state index contributed by atoms with van der Waals surface area (Å²) in [5.74, 6) is -0.589. The third-order valence-corrected chi connectivity index (χ3v) is 1.90. The summed E-state index contributed by atoms with van der Waals surface area (Å²) < 4.78 is 0.909. The van der Waals surface area contributed by atoms with E-state index in [1.807, 2.05) is 0 Å². The first kappa shape index (κ1) is 10.1. The van der Waals surface area contributed by atoms with Crippen LogP contribution < -0.4 is 15.3 Å². The molecule has 0 saturated heterocycles. The van der Waals surface area contributed by atoms with Gasteiger partial charge in [0.2, 0.25) is 0 Å². The molecule has 2 aromatic rings. The molecule has 0 atom stereocenters. The molecule has 1 aromatic carbocycles. The minimum atomic E-state index is -0.589. The van der Waals surface area contributed by atoms with Gasteiger partial charge in [-0.15, -0.1) is 4.73 Å². The molecule has 82 valence electrons. The van der Waals surface area contributed by atoms with Gasteiger partial charge in [0, 0.05) is 13.0 Å². The molecule has 0 unspecified atom stereocenters. The zero-order valence-electron chi connectivity index (χ0n) is 8.38. The number of rotatable bonds is 1. The van der Waals surface area contributed by atoms with E-state index < -0.39 is 11.6 Å². The van der Waals surface area contributed by atoms with Crippen molar-refractivity contribution in [2.24, 2.45) is 0 Å².